The van der Waals surface area contributed by atoms with Gasteiger partial charge in [-0.25, -0.2) is 14.4 Å². The second kappa shape index (κ2) is 26.1. The molecule has 0 bridgehead atoms. The van der Waals surface area contributed by atoms with Crippen LogP contribution in [0.15, 0.2) is 95.3 Å². The van der Waals surface area contributed by atoms with Crippen LogP contribution in [0.25, 0.3) is 21.9 Å². The molecule has 324 valence electrons. The molecule has 1 amide bonds. The maximum atomic E-state index is 13.7. The number of H-pyrrole nitrogens is 1. The molecule has 60 heavy (non-hydrogen) atoms. The van der Waals surface area contributed by atoms with Crippen molar-refractivity contribution in [1.29, 1.82) is 0 Å². The standard InChI is InChI=1S/C19H22ClFN2O.C19H16FN5O.C3H6O.2C2H6.CH3F/c1-22-19(24-14-16-7-8-17(20)13-18(16)21)6-4-3-5-15-9-11-23(2)12-10-15;1-25-16-7-5-12(9-15(16)22-19(25)20)21-18(26)11-4-6-14-13(8-11)17(24-23-14)10-2-3-10;1-2-4-3-1;3*1-2/h3-4,6-9,13H,1,5,10-12,14H2,2H3;4-10H,2-3H2,1H3,(H,21,26)(H,23,24);1-3H2;2*1-2H3;1H3/b4-3-,19-6+;;;;;. The summed E-state index contributed by atoms with van der Waals surface area (Å²) in [6, 6.07) is 15.1. The van der Waals surface area contributed by atoms with Gasteiger partial charge in [-0.1, -0.05) is 69.2 Å². The number of halogens is 4. The zero-order valence-electron chi connectivity index (χ0n) is 35.8. The van der Waals surface area contributed by atoms with Crippen LogP contribution >= 0.6 is 11.6 Å². The van der Waals surface area contributed by atoms with Gasteiger partial charge in [-0.15, -0.1) is 0 Å². The molecule has 5 aromatic rings. The normalized spacial score (nSPS) is 14.6. The maximum absolute atomic E-state index is 13.7. The SMILES string of the molecule is C1COC1.C=N/C(=C\C=C/CC1=CCN(C)CC1)OCc1ccc(Cl)cc1F.CC.CC.CF.Cn1c(F)nc2cc(NC(=O)c3ccc4n[nH]c(C5CC5)c4c3)ccc21. The highest BCUT2D eigenvalue weighted by atomic mass is 35.5. The van der Waals surface area contributed by atoms with E-state index in [1.165, 1.54) is 22.6 Å². The van der Waals surface area contributed by atoms with E-state index in [2.05, 4.69) is 56.3 Å². The molecule has 0 radical (unpaired) electrons. The topological polar surface area (TPSA) is 110 Å². The van der Waals surface area contributed by atoms with Gasteiger partial charge in [-0.05, 0) is 100 Å². The number of nitrogens with one attached hydrogen (secondary N) is 2. The van der Waals surface area contributed by atoms with E-state index in [-0.39, 0.29) is 12.5 Å². The number of nitrogens with zero attached hydrogens (tertiary/aromatic N) is 5. The fourth-order valence-electron chi connectivity index (χ4n) is 5.75. The summed E-state index contributed by atoms with van der Waals surface area (Å²) in [7, 11) is 4.23. The highest BCUT2D eigenvalue weighted by Gasteiger charge is 2.27. The Balaban J connectivity index is 0.000000263. The van der Waals surface area contributed by atoms with Crippen molar-refractivity contribution < 1.29 is 27.4 Å². The van der Waals surface area contributed by atoms with Crippen LogP contribution in [0.4, 0.5) is 18.9 Å². The van der Waals surface area contributed by atoms with Gasteiger partial charge in [0, 0.05) is 72.2 Å². The third-order valence-corrected chi connectivity index (χ3v) is 9.54. The van der Waals surface area contributed by atoms with Crippen molar-refractivity contribution >= 4 is 51.8 Å². The van der Waals surface area contributed by atoms with Gasteiger partial charge in [0.25, 0.3) is 12.0 Å². The minimum absolute atomic E-state index is 0.0825. The number of imidazole rings is 1. The van der Waals surface area contributed by atoms with Crippen LogP contribution in [0.5, 0.6) is 0 Å². The van der Waals surface area contributed by atoms with Crippen LogP contribution in [0.3, 0.4) is 0 Å². The fraction of sp³-hybridized carbons (Fsp3) is 0.391. The molecule has 8 rings (SSSR count). The summed E-state index contributed by atoms with van der Waals surface area (Å²) in [6.07, 6.45) is 13.0. The Labute approximate surface area is 357 Å². The zero-order chi connectivity index (χ0) is 44.0. The second-order valence-electron chi connectivity index (χ2n) is 13.4. The molecule has 10 nitrogen and oxygen atoms in total. The summed E-state index contributed by atoms with van der Waals surface area (Å²) >= 11 is 5.73. The number of aliphatic imine (C=N–C) groups is 1. The molecule has 1 aliphatic carbocycles. The summed E-state index contributed by atoms with van der Waals surface area (Å²) in [6.45, 7) is 15.7. The number of ether oxygens (including phenoxy) is 2. The number of hydrogen-bond donors (Lipinski definition) is 2. The number of carbonyl (C=O) groups excluding carboxylic acids is 1. The molecule has 0 atom stereocenters. The van der Waals surface area contributed by atoms with Gasteiger partial charge in [-0.3, -0.25) is 14.3 Å². The van der Waals surface area contributed by atoms with Crippen molar-refractivity contribution in [2.24, 2.45) is 12.0 Å². The predicted octanol–water partition coefficient (Wildman–Crippen LogP) is 11.5. The van der Waals surface area contributed by atoms with Gasteiger partial charge < -0.3 is 24.3 Å². The second-order valence-corrected chi connectivity index (χ2v) is 13.8. The smallest absolute Gasteiger partial charge is 0.289 e. The molecule has 3 aliphatic rings. The summed E-state index contributed by atoms with van der Waals surface area (Å²) in [5.74, 6) is 0.277. The quantitative estimate of drug-likeness (QED) is 0.0627. The highest BCUT2D eigenvalue weighted by Crippen LogP contribution is 2.42. The number of aromatic nitrogens is 4. The molecule has 1 saturated heterocycles. The number of likely N-dealkylation sites (N-methyl/N-ethyl adjacent to an activating group) is 1. The number of amides is 1. The highest BCUT2D eigenvalue weighted by molar-refractivity contribution is 6.30. The number of fused-ring (bicyclic) bond motifs is 2. The first-order valence-electron chi connectivity index (χ1n) is 20.3. The number of aryl methyl sites for hydroxylation is 1. The van der Waals surface area contributed by atoms with E-state index in [4.69, 9.17) is 21.1 Å². The first-order chi connectivity index (χ1) is 29.2. The average molecular weight is 850 g/mol. The Bertz CT molecular complexity index is 2200. The number of benzene rings is 3. The largest absolute Gasteiger partial charge is 0.473 e. The van der Waals surface area contributed by atoms with Gasteiger partial charge in [0.05, 0.1) is 23.7 Å². The average Bonchev–Trinajstić information content (AvgIpc) is 3.94. The summed E-state index contributed by atoms with van der Waals surface area (Å²) in [5.41, 5.74) is 6.17. The lowest BCUT2D eigenvalue weighted by Gasteiger charge is -2.21. The van der Waals surface area contributed by atoms with Gasteiger partial charge in [0.1, 0.15) is 12.4 Å². The zero-order valence-corrected chi connectivity index (χ0v) is 36.6. The molecular formula is C46H59ClF3N7O3. The lowest BCUT2D eigenvalue weighted by Crippen LogP contribution is -2.23. The molecule has 4 heterocycles. The third-order valence-electron chi connectivity index (χ3n) is 9.30. The van der Waals surface area contributed by atoms with Gasteiger partial charge in [0.15, 0.2) is 0 Å². The number of rotatable bonds is 10. The van der Waals surface area contributed by atoms with Crippen molar-refractivity contribution in [2.75, 3.05) is 45.8 Å². The Kier molecular flexibility index (Phi) is 21.3. The van der Waals surface area contributed by atoms with Crippen LogP contribution in [0.1, 0.15) is 87.3 Å². The molecule has 2 aromatic heterocycles. The molecule has 1 saturated carbocycles. The summed E-state index contributed by atoms with van der Waals surface area (Å²) in [4.78, 5) is 22.6. The minimum atomic E-state index is -0.554. The molecule has 2 aliphatic heterocycles. The van der Waals surface area contributed by atoms with Crippen LogP contribution in [0.2, 0.25) is 5.02 Å². The van der Waals surface area contributed by atoms with Crippen molar-refractivity contribution in [2.45, 2.75) is 72.3 Å². The monoisotopic (exact) mass is 849 g/mol. The molecule has 14 heteroatoms. The number of carbonyl (C=O) groups is 1. The number of aromatic amines is 1. The van der Waals surface area contributed by atoms with Crippen molar-refractivity contribution in [3.05, 3.63) is 124 Å². The number of anilines is 1. The van der Waals surface area contributed by atoms with E-state index < -0.39 is 11.9 Å². The fourth-order valence-corrected chi connectivity index (χ4v) is 5.91. The van der Waals surface area contributed by atoms with Crippen molar-refractivity contribution in [3.63, 3.8) is 0 Å². The van der Waals surface area contributed by atoms with Crippen molar-refractivity contribution in [3.8, 4) is 0 Å². The molecule has 2 fully saturated rings. The summed E-state index contributed by atoms with van der Waals surface area (Å²) in [5, 5.41) is 11.6. The Hall–Kier alpha value is -5.24. The van der Waals surface area contributed by atoms with E-state index in [1.54, 1.807) is 49.5 Å². The van der Waals surface area contributed by atoms with Gasteiger partial charge >= 0.3 is 0 Å². The van der Waals surface area contributed by atoms with E-state index >= 15 is 0 Å². The maximum Gasteiger partial charge on any atom is 0.289 e. The molecular weight excluding hydrogens is 791 g/mol. The predicted molar refractivity (Wildman–Crippen MR) is 240 cm³/mol. The Morgan fingerprint density at radius 2 is 1.77 bits per heavy atom. The molecule has 3 aromatic carbocycles. The van der Waals surface area contributed by atoms with Crippen LogP contribution < -0.4 is 5.32 Å². The van der Waals surface area contributed by atoms with Gasteiger partial charge in [0.2, 0.25) is 5.88 Å². The minimum Gasteiger partial charge on any atom is -0.473 e. The number of alkyl halides is 1. The van der Waals surface area contributed by atoms with E-state index in [1.807, 2.05) is 45.9 Å². The Morgan fingerprint density at radius 1 is 1.05 bits per heavy atom. The van der Waals surface area contributed by atoms with Crippen molar-refractivity contribution in [1.82, 2.24) is 24.6 Å². The first kappa shape index (κ1) is 49.1. The van der Waals surface area contributed by atoms with Gasteiger partial charge in [-0.2, -0.15) is 9.49 Å². The van der Waals surface area contributed by atoms with Crippen LogP contribution in [-0.4, -0.2) is 77.8 Å². The lowest BCUT2D eigenvalue weighted by atomic mass is 10.1. The summed E-state index contributed by atoms with van der Waals surface area (Å²) < 4.78 is 48.3. The van der Waals surface area contributed by atoms with E-state index in [0.29, 0.717) is 51.8 Å². The number of allylic oxidation sites excluding steroid dienone is 3. The van der Waals surface area contributed by atoms with Crippen LogP contribution in [0, 0.1) is 11.9 Å². The molecule has 0 spiro atoms. The molecule has 0 unspecified atom stereocenters. The third kappa shape index (κ3) is 14.8. The van der Waals surface area contributed by atoms with E-state index in [0.717, 1.165) is 68.6 Å². The molecule has 2 N–H and O–H groups in total. The Morgan fingerprint density at radius 3 is 2.38 bits per heavy atom. The number of hydrogen-bond acceptors (Lipinski definition) is 7. The first-order valence-corrected chi connectivity index (χ1v) is 20.7. The van der Waals surface area contributed by atoms with E-state index in [9.17, 15) is 18.0 Å². The lowest BCUT2D eigenvalue weighted by molar-refractivity contribution is 0.0367. The van der Waals surface area contributed by atoms with Crippen LogP contribution in [-0.2, 0) is 23.1 Å².